The highest BCUT2D eigenvalue weighted by atomic mass is 32.2. The van der Waals surface area contributed by atoms with Crippen molar-refractivity contribution in [1.29, 1.82) is 0 Å². The minimum Gasteiger partial charge on any atom is -0.352 e. The van der Waals surface area contributed by atoms with Gasteiger partial charge in [-0.05, 0) is 70.6 Å². The Balaban J connectivity index is 1.59. The number of rotatable bonds is 7. The number of aryl methyl sites for hydroxylation is 1. The summed E-state index contributed by atoms with van der Waals surface area (Å²) in [5.41, 5.74) is 1.08. The lowest BCUT2D eigenvalue weighted by Gasteiger charge is -2.32. The summed E-state index contributed by atoms with van der Waals surface area (Å²) in [6.07, 6.45) is 4.75. The van der Waals surface area contributed by atoms with Gasteiger partial charge in [-0.25, -0.2) is 8.42 Å². The van der Waals surface area contributed by atoms with Crippen LogP contribution in [0.4, 0.5) is 0 Å². The predicted molar refractivity (Wildman–Crippen MR) is 115 cm³/mol. The number of carbonyl (C=O) groups excluding carboxylic acids is 1. The van der Waals surface area contributed by atoms with E-state index < -0.39 is 10.0 Å². The highest BCUT2D eigenvalue weighted by Gasteiger charge is 2.29. The van der Waals surface area contributed by atoms with Crippen molar-refractivity contribution in [2.24, 2.45) is 0 Å². The van der Waals surface area contributed by atoms with Crippen molar-refractivity contribution in [3.63, 3.8) is 0 Å². The van der Waals surface area contributed by atoms with E-state index in [1.165, 1.54) is 29.6 Å². The monoisotopic (exact) mass is 422 g/mol. The van der Waals surface area contributed by atoms with Crippen LogP contribution in [0.3, 0.4) is 0 Å². The van der Waals surface area contributed by atoms with Crippen LogP contribution in [0.15, 0.2) is 23.1 Å². The number of likely N-dealkylation sites (N-methyl/N-ethyl adjacent to an activating group) is 1. The summed E-state index contributed by atoms with van der Waals surface area (Å²) < 4.78 is 27.7. The second-order valence-electron chi connectivity index (χ2n) is 8.20. The Morgan fingerprint density at radius 1 is 1.03 bits per heavy atom. The van der Waals surface area contributed by atoms with Gasteiger partial charge in [0.15, 0.2) is 0 Å². The molecule has 1 N–H and O–H groups in total. The van der Waals surface area contributed by atoms with Gasteiger partial charge in [0, 0.05) is 38.3 Å². The number of sulfonamides is 1. The summed E-state index contributed by atoms with van der Waals surface area (Å²) in [6.45, 7) is 8.07. The van der Waals surface area contributed by atoms with Crippen LogP contribution in [-0.2, 0) is 10.0 Å². The second kappa shape index (κ2) is 10.0. The summed E-state index contributed by atoms with van der Waals surface area (Å²) >= 11 is 0. The standard InChI is InChI=1S/C21H34N4O3S/c1-18-7-8-19(21(26)22-9-6-12-24-10-4-3-5-11-24)17-20(18)29(27,28)25-15-13-23(2)14-16-25/h7-8,17H,3-6,9-16H2,1-2H3,(H,22,26). The third kappa shape index (κ3) is 5.78. The molecule has 2 heterocycles. The van der Waals surface area contributed by atoms with Crippen molar-refractivity contribution < 1.29 is 13.2 Å². The number of hydrogen-bond donors (Lipinski definition) is 1. The summed E-state index contributed by atoms with van der Waals surface area (Å²) in [4.78, 5) is 17.4. The van der Waals surface area contributed by atoms with Gasteiger partial charge in [-0.15, -0.1) is 0 Å². The van der Waals surface area contributed by atoms with Crippen LogP contribution in [0, 0.1) is 6.92 Å². The van der Waals surface area contributed by atoms with E-state index in [9.17, 15) is 13.2 Å². The molecular weight excluding hydrogens is 388 g/mol. The summed E-state index contributed by atoms with van der Waals surface area (Å²) in [7, 11) is -1.60. The van der Waals surface area contributed by atoms with Gasteiger partial charge in [-0.3, -0.25) is 4.79 Å². The van der Waals surface area contributed by atoms with Crippen LogP contribution in [-0.4, -0.2) is 87.8 Å². The van der Waals surface area contributed by atoms with Crippen molar-refractivity contribution >= 4 is 15.9 Å². The molecule has 0 saturated carbocycles. The van der Waals surface area contributed by atoms with E-state index in [-0.39, 0.29) is 10.8 Å². The lowest BCUT2D eigenvalue weighted by atomic mass is 10.1. The number of nitrogens with zero attached hydrogens (tertiary/aromatic N) is 3. The molecule has 2 aliphatic heterocycles. The number of likely N-dealkylation sites (tertiary alicyclic amines) is 1. The zero-order valence-corrected chi connectivity index (χ0v) is 18.5. The van der Waals surface area contributed by atoms with Gasteiger partial charge in [-0.1, -0.05) is 12.5 Å². The molecule has 1 aromatic rings. The fourth-order valence-electron chi connectivity index (χ4n) is 3.98. The van der Waals surface area contributed by atoms with Crippen LogP contribution in [0.2, 0.25) is 0 Å². The van der Waals surface area contributed by atoms with Gasteiger partial charge < -0.3 is 15.1 Å². The third-order valence-electron chi connectivity index (χ3n) is 5.92. The van der Waals surface area contributed by atoms with Gasteiger partial charge in [-0.2, -0.15) is 4.31 Å². The van der Waals surface area contributed by atoms with Gasteiger partial charge in [0.05, 0.1) is 4.90 Å². The third-order valence-corrected chi connectivity index (χ3v) is 7.96. The molecule has 8 heteroatoms. The van der Waals surface area contributed by atoms with Gasteiger partial charge >= 0.3 is 0 Å². The van der Waals surface area contributed by atoms with Crippen LogP contribution in [0.1, 0.15) is 41.6 Å². The van der Waals surface area contributed by atoms with E-state index in [2.05, 4.69) is 15.1 Å². The molecule has 0 aliphatic carbocycles. The number of benzene rings is 1. The minimum atomic E-state index is -3.59. The van der Waals surface area contributed by atoms with Crippen molar-refractivity contribution in [3.05, 3.63) is 29.3 Å². The average Bonchev–Trinajstić information content (AvgIpc) is 2.72. The Bertz CT molecular complexity index is 798. The Morgan fingerprint density at radius 2 is 1.72 bits per heavy atom. The van der Waals surface area contributed by atoms with E-state index in [1.54, 1.807) is 19.1 Å². The molecule has 1 amide bonds. The van der Waals surface area contributed by atoms with Crippen LogP contribution in [0.25, 0.3) is 0 Å². The van der Waals surface area contributed by atoms with Crippen molar-refractivity contribution in [2.45, 2.75) is 37.5 Å². The first-order valence-electron chi connectivity index (χ1n) is 10.7. The largest absolute Gasteiger partial charge is 0.352 e. The highest BCUT2D eigenvalue weighted by Crippen LogP contribution is 2.22. The molecule has 0 aromatic heterocycles. The molecule has 2 saturated heterocycles. The molecule has 0 spiro atoms. The van der Waals surface area contributed by atoms with E-state index in [1.807, 2.05) is 7.05 Å². The van der Waals surface area contributed by atoms with E-state index >= 15 is 0 Å². The first-order valence-corrected chi connectivity index (χ1v) is 12.1. The van der Waals surface area contributed by atoms with E-state index in [0.717, 1.165) is 39.1 Å². The number of hydrogen-bond acceptors (Lipinski definition) is 5. The Morgan fingerprint density at radius 3 is 2.41 bits per heavy atom. The predicted octanol–water partition coefficient (Wildman–Crippen LogP) is 1.54. The smallest absolute Gasteiger partial charge is 0.251 e. The zero-order chi connectivity index (χ0) is 20.9. The molecule has 0 unspecified atom stereocenters. The summed E-state index contributed by atoms with van der Waals surface area (Å²) in [6, 6.07) is 4.97. The number of amides is 1. The zero-order valence-electron chi connectivity index (χ0n) is 17.7. The van der Waals surface area contributed by atoms with Crippen molar-refractivity contribution in [2.75, 3.05) is 59.4 Å². The van der Waals surface area contributed by atoms with E-state index in [0.29, 0.717) is 30.8 Å². The fraction of sp³-hybridized carbons (Fsp3) is 0.667. The van der Waals surface area contributed by atoms with Crippen LogP contribution >= 0.6 is 0 Å². The van der Waals surface area contributed by atoms with E-state index in [4.69, 9.17) is 0 Å². The number of piperidine rings is 1. The maximum absolute atomic E-state index is 13.1. The normalized spacial score (nSPS) is 19.9. The van der Waals surface area contributed by atoms with Crippen molar-refractivity contribution in [1.82, 2.24) is 19.4 Å². The molecule has 1 aromatic carbocycles. The highest BCUT2D eigenvalue weighted by molar-refractivity contribution is 7.89. The number of nitrogens with one attached hydrogen (secondary N) is 1. The maximum atomic E-state index is 13.1. The lowest BCUT2D eigenvalue weighted by Crippen LogP contribution is -2.47. The Hall–Kier alpha value is -1.48. The summed E-state index contributed by atoms with van der Waals surface area (Å²) in [5, 5.41) is 2.94. The SMILES string of the molecule is Cc1ccc(C(=O)NCCCN2CCCCC2)cc1S(=O)(=O)N1CCN(C)CC1. The molecule has 29 heavy (non-hydrogen) atoms. The number of piperazine rings is 1. The molecule has 162 valence electrons. The van der Waals surface area contributed by atoms with Crippen molar-refractivity contribution in [3.8, 4) is 0 Å². The molecule has 0 bridgehead atoms. The second-order valence-corrected chi connectivity index (χ2v) is 10.1. The Labute approximate surface area is 175 Å². The van der Waals surface area contributed by atoms with Crippen LogP contribution in [0.5, 0.6) is 0 Å². The van der Waals surface area contributed by atoms with Crippen LogP contribution < -0.4 is 5.32 Å². The van der Waals surface area contributed by atoms with Gasteiger partial charge in [0.2, 0.25) is 10.0 Å². The first-order chi connectivity index (χ1) is 13.9. The molecule has 3 rings (SSSR count). The summed E-state index contributed by atoms with van der Waals surface area (Å²) in [5.74, 6) is -0.210. The Kier molecular flexibility index (Phi) is 7.67. The fourth-order valence-corrected chi connectivity index (χ4v) is 5.65. The molecule has 0 radical (unpaired) electrons. The molecule has 0 atom stereocenters. The maximum Gasteiger partial charge on any atom is 0.251 e. The quantitative estimate of drug-likeness (QED) is 0.675. The molecule has 2 fully saturated rings. The molecular formula is C21H34N4O3S. The topological polar surface area (TPSA) is 73.0 Å². The average molecular weight is 423 g/mol. The lowest BCUT2D eigenvalue weighted by molar-refractivity contribution is 0.0951. The molecule has 7 nitrogen and oxygen atoms in total. The molecule has 2 aliphatic rings. The van der Waals surface area contributed by atoms with Gasteiger partial charge in [0.1, 0.15) is 0 Å². The minimum absolute atomic E-state index is 0.210. The first kappa shape index (κ1) is 22.2. The number of carbonyl (C=O) groups is 1. The van der Waals surface area contributed by atoms with Gasteiger partial charge in [0.25, 0.3) is 5.91 Å².